The van der Waals surface area contributed by atoms with Gasteiger partial charge in [0, 0.05) is 27.2 Å². The highest BCUT2D eigenvalue weighted by atomic mass is 16.5. The third kappa shape index (κ3) is 4.23. The first-order valence-corrected chi connectivity index (χ1v) is 8.46. The number of hydrogen-bond acceptors (Lipinski definition) is 8. The van der Waals surface area contributed by atoms with E-state index in [1.807, 2.05) is 18.9 Å². The van der Waals surface area contributed by atoms with Crippen LogP contribution >= 0.6 is 0 Å². The molecule has 3 rings (SSSR count). The van der Waals surface area contributed by atoms with E-state index in [9.17, 15) is 4.79 Å². The third-order valence-electron chi connectivity index (χ3n) is 4.38. The fourth-order valence-electron chi connectivity index (χ4n) is 2.80. The van der Waals surface area contributed by atoms with Crippen LogP contribution in [0.2, 0.25) is 0 Å². The average molecular weight is 364 g/mol. The number of aryl methyl sites for hydroxylation is 1. The minimum absolute atomic E-state index is 0.0827. The van der Waals surface area contributed by atoms with E-state index >= 15 is 0 Å². The lowest BCUT2D eigenvalue weighted by molar-refractivity contribution is -0.119. The Kier molecular flexibility index (Phi) is 5.91. The molecular formula is C15H24N8O3. The number of morpholine rings is 1. The summed E-state index contributed by atoms with van der Waals surface area (Å²) in [5.41, 5.74) is 1.64. The molecule has 0 spiro atoms. The van der Waals surface area contributed by atoms with Crippen molar-refractivity contribution in [2.75, 3.05) is 45.3 Å². The first kappa shape index (κ1) is 18.4. The van der Waals surface area contributed by atoms with Crippen molar-refractivity contribution in [3.8, 4) is 0 Å². The zero-order valence-electron chi connectivity index (χ0n) is 15.3. The number of carbonyl (C=O) groups is 1. The second kappa shape index (κ2) is 8.34. The number of tetrazole rings is 1. The molecule has 11 heteroatoms. The van der Waals surface area contributed by atoms with Crippen LogP contribution in [0.4, 0.5) is 5.69 Å². The number of carbonyl (C=O) groups excluding carboxylic acids is 1. The summed E-state index contributed by atoms with van der Waals surface area (Å²) in [6.07, 6.45) is 1.38. The fraction of sp³-hybridized carbons (Fsp3) is 0.667. The average Bonchev–Trinajstić information content (AvgIpc) is 3.22. The van der Waals surface area contributed by atoms with E-state index in [1.165, 1.54) is 0 Å². The van der Waals surface area contributed by atoms with Crippen molar-refractivity contribution in [2.45, 2.75) is 19.6 Å². The molecule has 1 atom stereocenters. The van der Waals surface area contributed by atoms with Crippen LogP contribution in [-0.2, 0) is 27.9 Å². The van der Waals surface area contributed by atoms with Gasteiger partial charge in [-0.25, -0.2) is 4.68 Å². The SMILES string of the molecule is COCCn1nnnc1C1CN(CC(=O)Nc2cnn(C)c2C)CCO1. The number of hydrogen-bond donors (Lipinski definition) is 1. The zero-order chi connectivity index (χ0) is 18.5. The Morgan fingerprint density at radius 1 is 1.50 bits per heavy atom. The van der Waals surface area contributed by atoms with E-state index in [4.69, 9.17) is 9.47 Å². The first-order chi connectivity index (χ1) is 12.6. The molecular weight excluding hydrogens is 340 g/mol. The second-order valence-electron chi connectivity index (χ2n) is 6.16. The van der Waals surface area contributed by atoms with E-state index < -0.39 is 0 Å². The van der Waals surface area contributed by atoms with Gasteiger partial charge in [0.2, 0.25) is 5.91 Å². The Balaban J connectivity index is 1.57. The van der Waals surface area contributed by atoms with Gasteiger partial charge in [0.15, 0.2) is 5.82 Å². The molecule has 11 nitrogen and oxygen atoms in total. The van der Waals surface area contributed by atoms with Gasteiger partial charge in [-0.2, -0.15) is 5.10 Å². The van der Waals surface area contributed by atoms with Gasteiger partial charge >= 0.3 is 0 Å². The van der Waals surface area contributed by atoms with Gasteiger partial charge in [-0.1, -0.05) is 0 Å². The maximum Gasteiger partial charge on any atom is 0.238 e. The van der Waals surface area contributed by atoms with Gasteiger partial charge in [-0.05, 0) is 17.4 Å². The maximum atomic E-state index is 12.4. The van der Waals surface area contributed by atoms with E-state index in [1.54, 1.807) is 22.7 Å². The molecule has 0 saturated carbocycles. The molecule has 1 fully saturated rings. The molecule has 142 valence electrons. The van der Waals surface area contributed by atoms with Gasteiger partial charge in [-0.15, -0.1) is 5.10 Å². The molecule has 2 aromatic rings. The van der Waals surface area contributed by atoms with Gasteiger partial charge in [0.05, 0.1) is 43.9 Å². The number of methoxy groups -OCH3 is 1. The summed E-state index contributed by atoms with van der Waals surface area (Å²) >= 11 is 0. The molecule has 0 aliphatic carbocycles. The Labute approximate surface area is 151 Å². The van der Waals surface area contributed by atoms with Crippen molar-refractivity contribution in [1.29, 1.82) is 0 Å². The molecule has 1 saturated heterocycles. The molecule has 2 aromatic heterocycles. The zero-order valence-corrected chi connectivity index (χ0v) is 15.3. The number of amides is 1. The van der Waals surface area contributed by atoms with E-state index in [2.05, 4.69) is 25.9 Å². The highest BCUT2D eigenvalue weighted by Gasteiger charge is 2.28. The summed E-state index contributed by atoms with van der Waals surface area (Å²) in [5, 5.41) is 18.8. The summed E-state index contributed by atoms with van der Waals surface area (Å²) in [5.74, 6) is 0.566. The first-order valence-electron chi connectivity index (χ1n) is 8.46. The maximum absolute atomic E-state index is 12.4. The Morgan fingerprint density at radius 3 is 3.08 bits per heavy atom. The van der Waals surface area contributed by atoms with Crippen molar-refractivity contribution in [3.63, 3.8) is 0 Å². The number of anilines is 1. The molecule has 26 heavy (non-hydrogen) atoms. The van der Waals surface area contributed by atoms with Crippen LogP contribution in [0.5, 0.6) is 0 Å². The van der Waals surface area contributed by atoms with Gasteiger partial charge in [0.1, 0.15) is 6.10 Å². The summed E-state index contributed by atoms with van der Waals surface area (Å²) in [6, 6.07) is 0. The predicted octanol–water partition coefficient (Wildman–Crippen LogP) is -0.627. The highest BCUT2D eigenvalue weighted by molar-refractivity contribution is 5.92. The molecule has 1 N–H and O–H groups in total. The quantitative estimate of drug-likeness (QED) is 0.691. The number of nitrogens with zero attached hydrogens (tertiary/aromatic N) is 7. The number of ether oxygens (including phenoxy) is 2. The third-order valence-corrected chi connectivity index (χ3v) is 4.38. The second-order valence-corrected chi connectivity index (χ2v) is 6.16. The molecule has 0 aromatic carbocycles. The number of aromatic nitrogens is 6. The van der Waals surface area contributed by atoms with Crippen LogP contribution in [0.3, 0.4) is 0 Å². The van der Waals surface area contributed by atoms with Crippen LogP contribution in [0, 0.1) is 6.92 Å². The van der Waals surface area contributed by atoms with Crippen molar-refractivity contribution in [3.05, 3.63) is 17.7 Å². The fourth-order valence-corrected chi connectivity index (χ4v) is 2.80. The monoisotopic (exact) mass is 364 g/mol. The van der Waals surface area contributed by atoms with Crippen LogP contribution in [0.1, 0.15) is 17.6 Å². The van der Waals surface area contributed by atoms with E-state index in [-0.39, 0.29) is 18.6 Å². The minimum atomic E-state index is -0.275. The molecule has 1 aliphatic rings. The van der Waals surface area contributed by atoms with Crippen LogP contribution in [0.25, 0.3) is 0 Å². The summed E-state index contributed by atoms with van der Waals surface area (Å²) in [4.78, 5) is 14.4. The molecule has 1 amide bonds. The van der Waals surface area contributed by atoms with Crippen molar-refractivity contribution >= 4 is 11.6 Å². The molecule has 0 radical (unpaired) electrons. The van der Waals surface area contributed by atoms with Crippen molar-refractivity contribution < 1.29 is 14.3 Å². The molecule has 1 unspecified atom stereocenters. The van der Waals surface area contributed by atoms with E-state index in [0.29, 0.717) is 38.7 Å². The lowest BCUT2D eigenvalue weighted by atomic mass is 10.2. The highest BCUT2D eigenvalue weighted by Crippen LogP contribution is 2.20. The standard InChI is InChI=1S/C15H24N8O3/c1-11-12(8-16-21(11)2)17-14(24)10-22-4-7-26-13(9-22)15-18-19-20-23(15)5-6-25-3/h8,13H,4-7,9-10H2,1-3H3,(H,17,24). The molecule has 1 aliphatic heterocycles. The van der Waals surface area contributed by atoms with Crippen molar-refractivity contribution in [1.82, 2.24) is 34.9 Å². The lowest BCUT2D eigenvalue weighted by Crippen LogP contribution is -2.43. The molecule has 0 bridgehead atoms. The van der Waals surface area contributed by atoms with Gasteiger partial charge < -0.3 is 14.8 Å². The normalized spacial score (nSPS) is 18.2. The van der Waals surface area contributed by atoms with Crippen LogP contribution in [0.15, 0.2) is 6.20 Å². The summed E-state index contributed by atoms with van der Waals surface area (Å²) < 4.78 is 14.3. The Hall–Kier alpha value is -2.37. The molecule has 3 heterocycles. The van der Waals surface area contributed by atoms with Gasteiger partial charge in [-0.3, -0.25) is 14.4 Å². The van der Waals surface area contributed by atoms with Crippen LogP contribution in [-0.4, -0.2) is 80.8 Å². The van der Waals surface area contributed by atoms with Crippen molar-refractivity contribution in [2.24, 2.45) is 7.05 Å². The predicted molar refractivity (Wildman–Crippen MR) is 91.4 cm³/mol. The largest absolute Gasteiger partial charge is 0.383 e. The smallest absolute Gasteiger partial charge is 0.238 e. The van der Waals surface area contributed by atoms with E-state index in [0.717, 1.165) is 11.4 Å². The number of rotatable bonds is 7. The van der Waals surface area contributed by atoms with Gasteiger partial charge in [0.25, 0.3) is 0 Å². The van der Waals surface area contributed by atoms with Crippen LogP contribution < -0.4 is 5.32 Å². The lowest BCUT2D eigenvalue weighted by Gasteiger charge is -2.31. The Morgan fingerprint density at radius 2 is 2.35 bits per heavy atom. The summed E-state index contributed by atoms with van der Waals surface area (Å²) in [6.45, 7) is 4.99. The summed E-state index contributed by atoms with van der Waals surface area (Å²) in [7, 11) is 3.47. The Bertz CT molecular complexity index is 743. The topological polar surface area (TPSA) is 112 Å². The number of nitrogens with one attached hydrogen (secondary N) is 1. The minimum Gasteiger partial charge on any atom is -0.383 e.